The highest BCUT2D eigenvalue weighted by atomic mass is 79.9. The maximum atomic E-state index is 12.7. The monoisotopic (exact) mass is 485 g/mol. The lowest BCUT2D eigenvalue weighted by Crippen LogP contribution is -2.43. The van der Waals surface area contributed by atoms with Crippen molar-refractivity contribution in [2.45, 2.75) is 24.3 Å². The molecule has 0 atom stereocenters. The second kappa shape index (κ2) is 8.59. The number of halogens is 1. The largest absolute Gasteiger partial charge is 0.350 e. The zero-order valence-corrected chi connectivity index (χ0v) is 18.0. The van der Waals surface area contributed by atoms with E-state index in [1.165, 1.54) is 28.6 Å². The van der Waals surface area contributed by atoms with Crippen LogP contribution >= 0.6 is 15.9 Å². The van der Waals surface area contributed by atoms with E-state index in [2.05, 4.69) is 26.3 Å². The molecule has 29 heavy (non-hydrogen) atoms. The molecule has 156 valence electrons. The molecule has 0 saturated carbocycles. The zero-order chi connectivity index (χ0) is 21.2. The molecule has 1 N–H and O–H groups in total. The molecule has 10 nitrogen and oxygen atoms in total. The van der Waals surface area contributed by atoms with Crippen molar-refractivity contribution in [1.29, 1.82) is 0 Å². The minimum Gasteiger partial charge on any atom is -0.350 e. The molecule has 2 heterocycles. The number of aromatic nitrogens is 2. The van der Waals surface area contributed by atoms with Crippen molar-refractivity contribution in [2.24, 2.45) is 13.0 Å². The summed E-state index contributed by atoms with van der Waals surface area (Å²) in [7, 11) is -1.97. The number of nitro groups is 1. The molecule has 2 aromatic rings. The lowest BCUT2D eigenvalue weighted by atomic mass is 9.97. The summed E-state index contributed by atoms with van der Waals surface area (Å²) in [5, 5.41) is 17.7. The van der Waals surface area contributed by atoms with Crippen LogP contribution in [0.2, 0.25) is 0 Å². The highest BCUT2D eigenvalue weighted by molar-refractivity contribution is 9.10. The van der Waals surface area contributed by atoms with Crippen molar-refractivity contribution >= 4 is 37.5 Å². The molecule has 3 rings (SSSR count). The van der Waals surface area contributed by atoms with Crippen LogP contribution in [0.3, 0.4) is 0 Å². The van der Waals surface area contributed by atoms with E-state index >= 15 is 0 Å². The van der Waals surface area contributed by atoms with Crippen molar-refractivity contribution in [3.63, 3.8) is 0 Å². The average Bonchev–Trinajstić information content (AvgIpc) is 3.03. The van der Waals surface area contributed by atoms with Crippen LogP contribution in [0.15, 0.2) is 39.8 Å². The summed E-state index contributed by atoms with van der Waals surface area (Å²) in [4.78, 5) is 22.6. The summed E-state index contributed by atoms with van der Waals surface area (Å²) in [6, 6.07) is 4.81. The highest BCUT2D eigenvalue weighted by Crippen LogP contribution is 2.25. The van der Waals surface area contributed by atoms with Gasteiger partial charge >= 0.3 is 0 Å². The van der Waals surface area contributed by atoms with Gasteiger partial charge in [-0.25, -0.2) is 8.42 Å². The number of aryl methyl sites for hydroxylation is 1. The predicted molar refractivity (Wildman–Crippen MR) is 107 cm³/mol. The highest BCUT2D eigenvalue weighted by Gasteiger charge is 2.32. The van der Waals surface area contributed by atoms with E-state index in [1.807, 2.05) is 0 Å². The number of hydrogen-bond acceptors (Lipinski definition) is 6. The first-order valence-electron chi connectivity index (χ1n) is 8.89. The Morgan fingerprint density at radius 2 is 1.93 bits per heavy atom. The van der Waals surface area contributed by atoms with Crippen LogP contribution in [0.25, 0.3) is 0 Å². The first-order valence-corrected chi connectivity index (χ1v) is 11.1. The predicted octanol–water partition coefficient (Wildman–Crippen LogP) is 1.81. The number of rotatable bonds is 6. The first-order chi connectivity index (χ1) is 13.7. The Balaban J connectivity index is 1.57. The van der Waals surface area contributed by atoms with Gasteiger partial charge in [-0.2, -0.15) is 9.40 Å². The minimum atomic E-state index is -3.75. The number of non-ortho nitro benzene ring substituents is 1. The van der Waals surface area contributed by atoms with Gasteiger partial charge in [0.2, 0.25) is 15.9 Å². The van der Waals surface area contributed by atoms with Gasteiger partial charge in [0.1, 0.15) is 0 Å². The van der Waals surface area contributed by atoms with E-state index in [0.29, 0.717) is 19.4 Å². The van der Waals surface area contributed by atoms with E-state index in [4.69, 9.17) is 0 Å². The van der Waals surface area contributed by atoms with Gasteiger partial charge in [-0.05, 0) is 40.9 Å². The Bertz CT molecular complexity index is 994. The molecule has 0 aliphatic carbocycles. The van der Waals surface area contributed by atoms with Crippen LogP contribution in [0.1, 0.15) is 18.5 Å². The van der Waals surface area contributed by atoms with E-state index in [0.717, 1.165) is 10.2 Å². The van der Waals surface area contributed by atoms with Crippen LogP contribution < -0.4 is 5.32 Å². The third-order valence-corrected chi connectivity index (χ3v) is 7.53. The number of hydrogen-bond donors (Lipinski definition) is 1. The molecule has 1 aromatic heterocycles. The number of piperidine rings is 1. The molecule has 0 bridgehead atoms. The lowest BCUT2D eigenvalue weighted by molar-refractivity contribution is -0.384. The van der Waals surface area contributed by atoms with Gasteiger partial charge in [0.15, 0.2) is 0 Å². The fourth-order valence-corrected chi connectivity index (χ4v) is 5.16. The van der Waals surface area contributed by atoms with Gasteiger partial charge in [-0.3, -0.25) is 19.6 Å². The summed E-state index contributed by atoms with van der Waals surface area (Å²) >= 11 is 3.38. The molecule has 0 radical (unpaired) electrons. The number of benzene rings is 1. The molecule has 12 heteroatoms. The maximum absolute atomic E-state index is 12.7. The Morgan fingerprint density at radius 1 is 1.31 bits per heavy atom. The van der Waals surface area contributed by atoms with Gasteiger partial charge in [0.05, 0.1) is 32.7 Å². The molecule has 0 spiro atoms. The smallest absolute Gasteiger partial charge is 0.269 e. The number of nitro benzene ring substituents is 1. The summed E-state index contributed by atoms with van der Waals surface area (Å²) < 4.78 is 29.3. The van der Waals surface area contributed by atoms with Crippen molar-refractivity contribution in [3.05, 3.63) is 50.7 Å². The second-order valence-electron chi connectivity index (χ2n) is 6.71. The number of sulfonamides is 1. The number of amides is 1. The van der Waals surface area contributed by atoms with E-state index in [1.54, 1.807) is 17.9 Å². The summed E-state index contributed by atoms with van der Waals surface area (Å²) in [5.74, 6) is -0.393. The van der Waals surface area contributed by atoms with Gasteiger partial charge in [-0.1, -0.05) is 0 Å². The summed E-state index contributed by atoms with van der Waals surface area (Å²) in [6.45, 7) is 0.761. The standard InChI is InChI=1S/C17H20BrN5O5S/c1-21-16(15(18)10-20-21)11-19-17(24)12-6-8-22(9-7-12)29(27,28)14-4-2-13(3-5-14)23(25)26/h2-5,10,12H,6-9,11H2,1H3,(H,19,24). The van der Waals surface area contributed by atoms with Gasteiger partial charge in [0, 0.05) is 38.2 Å². The van der Waals surface area contributed by atoms with Crippen LogP contribution in [0.4, 0.5) is 5.69 Å². The minimum absolute atomic E-state index is 0.00654. The van der Waals surface area contributed by atoms with E-state index < -0.39 is 14.9 Å². The van der Waals surface area contributed by atoms with Gasteiger partial charge in [-0.15, -0.1) is 0 Å². The van der Waals surface area contributed by atoms with Gasteiger partial charge < -0.3 is 5.32 Å². The quantitative estimate of drug-likeness (QED) is 0.490. The third kappa shape index (κ3) is 4.65. The molecule has 1 amide bonds. The molecule has 1 aliphatic rings. The number of nitrogens with zero attached hydrogens (tertiary/aromatic N) is 4. The fourth-order valence-electron chi connectivity index (χ4n) is 3.20. The Hall–Kier alpha value is -2.31. The molecular weight excluding hydrogens is 466 g/mol. The maximum Gasteiger partial charge on any atom is 0.269 e. The number of carbonyl (C=O) groups is 1. The van der Waals surface area contributed by atoms with Crippen LogP contribution in [0.5, 0.6) is 0 Å². The molecule has 1 fully saturated rings. The number of carbonyl (C=O) groups excluding carboxylic acids is 1. The Morgan fingerprint density at radius 3 is 2.45 bits per heavy atom. The fraction of sp³-hybridized carbons (Fsp3) is 0.412. The van der Waals surface area contributed by atoms with E-state index in [9.17, 15) is 23.3 Å². The van der Waals surface area contributed by atoms with Crippen molar-refractivity contribution in [3.8, 4) is 0 Å². The Labute approximate surface area is 176 Å². The SMILES string of the molecule is Cn1ncc(Br)c1CNC(=O)C1CCN(S(=O)(=O)c2ccc([N+](=O)[O-])cc2)CC1. The molecular formula is C17H20BrN5O5S. The molecule has 0 unspecified atom stereocenters. The number of nitrogens with one attached hydrogen (secondary N) is 1. The molecule has 1 aromatic carbocycles. The van der Waals surface area contributed by atoms with Crippen LogP contribution in [-0.4, -0.2) is 46.4 Å². The van der Waals surface area contributed by atoms with Gasteiger partial charge in [0.25, 0.3) is 5.69 Å². The average molecular weight is 486 g/mol. The van der Waals surface area contributed by atoms with E-state index in [-0.39, 0.29) is 35.5 Å². The van der Waals surface area contributed by atoms with Crippen molar-refractivity contribution in [1.82, 2.24) is 19.4 Å². The summed E-state index contributed by atoms with van der Waals surface area (Å²) in [6.07, 6.45) is 2.47. The molecule has 1 aliphatic heterocycles. The normalized spacial score (nSPS) is 15.9. The molecule has 1 saturated heterocycles. The first kappa shape index (κ1) is 21.4. The topological polar surface area (TPSA) is 127 Å². The van der Waals surface area contributed by atoms with Crippen LogP contribution in [-0.2, 0) is 28.4 Å². The Kier molecular flexibility index (Phi) is 6.34. The van der Waals surface area contributed by atoms with Crippen molar-refractivity contribution < 1.29 is 18.1 Å². The third-order valence-electron chi connectivity index (χ3n) is 4.95. The lowest BCUT2D eigenvalue weighted by Gasteiger charge is -2.30. The summed E-state index contributed by atoms with van der Waals surface area (Å²) in [5.41, 5.74) is 0.677. The van der Waals surface area contributed by atoms with Crippen LogP contribution in [0, 0.1) is 16.0 Å². The second-order valence-corrected chi connectivity index (χ2v) is 9.50. The zero-order valence-electron chi connectivity index (χ0n) is 15.6. The van der Waals surface area contributed by atoms with Crippen molar-refractivity contribution in [2.75, 3.05) is 13.1 Å².